The Bertz CT molecular complexity index is 1280. The molecule has 0 aliphatic carbocycles. The molecule has 1 heterocycles. The second kappa shape index (κ2) is 7.56. The van der Waals surface area contributed by atoms with Gasteiger partial charge in [0.05, 0.1) is 16.0 Å². The van der Waals surface area contributed by atoms with E-state index in [1.54, 1.807) is 72.8 Å². The maximum atomic E-state index is 13.3. The molecule has 1 aromatic heterocycles. The molecule has 6 heteroatoms. The number of fused-ring (bicyclic) bond motifs is 1. The van der Waals surface area contributed by atoms with Crippen molar-refractivity contribution < 1.29 is 17.9 Å². The fourth-order valence-electron chi connectivity index (χ4n) is 3.25. The Hall–Kier alpha value is -3.38. The third kappa shape index (κ3) is 3.54. The van der Waals surface area contributed by atoms with E-state index < -0.39 is 16.0 Å². The summed E-state index contributed by atoms with van der Waals surface area (Å²) in [5.41, 5.74) is 1.56. The van der Waals surface area contributed by atoms with Gasteiger partial charge in [0.1, 0.15) is 5.75 Å². The molecule has 0 unspecified atom stereocenters. The summed E-state index contributed by atoms with van der Waals surface area (Å²) in [4.78, 5) is 12.6. The third-order valence-electron chi connectivity index (χ3n) is 4.67. The van der Waals surface area contributed by atoms with E-state index in [1.165, 1.54) is 3.97 Å². The maximum absolute atomic E-state index is 13.3. The van der Waals surface area contributed by atoms with Gasteiger partial charge in [-0.25, -0.2) is 17.2 Å². The van der Waals surface area contributed by atoms with E-state index in [0.717, 1.165) is 5.39 Å². The molecule has 3 aromatic carbocycles. The summed E-state index contributed by atoms with van der Waals surface area (Å²) in [6.45, 7) is 1.90. The molecule has 4 rings (SSSR count). The van der Waals surface area contributed by atoms with E-state index >= 15 is 0 Å². The predicted octanol–water partition coefficient (Wildman–Crippen LogP) is 4.66. The lowest BCUT2D eigenvalue weighted by molar-refractivity contribution is 0.0735. The molecule has 0 fully saturated rings. The van der Waals surface area contributed by atoms with Crippen molar-refractivity contribution in [1.82, 2.24) is 3.97 Å². The van der Waals surface area contributed by atoms with Gasteiger partial charge in [-0.3, -0.25) is 0 Å². The van der Waals surface area contributed by atoms with E-state index in [2.05, 4.69) is 0 Å². The highest BCUT2D eigenvalue weighted by atomic mass is 32.2. The van der Waals surface area contributed by atoms with E-state index in [-0.39, 0.29) is 10.6 Å². The minimum atomic E-state index is -3.79. The van der Waals surface area contributed by atoms with Crippen LogP contribution < -0.4 is 4.74 Å². The van der Waals surface area contributed by atoms with Crippen molar-refractivity contribution in [3.63, 3.8) is 0 Å². The van der Waals surface area contributed by atoms with E-state index in [4.69, 9.17) is 4.74 Å². The van der Waals surface area contributed by atoms with Crippen molar-refractivity contribution in [2.45, 2.75) is 18.2 Å². The lowest BCUT2D eigenvalue weighted by atomic mass is 10.2. The first-order valence-electron chi connectivity index (χ1n) is 9.23. The fraction of sp³-hybridized carbons (Fsp3) is 0.0870. The molecule has 29 heavy (non-hydrogen) atoms. The summed E-state index contributed by atoms with van der Waals surface area (Å²) in [6, 6.07) is 23.8. The first kappa shape index (κ1) is 19.0. The molecule has 146 valence electrons. The highest BCUT2D eigenvalue weighted by Crippen LogP contribution is 2.29. The molecule has 4 aromatic rings. The molecule has 0 saturated heterocycles. The quantitative estimate of drug-likeness (QED) is 0.358. The minimum Gasteiger partial charge on any atom is -0.423 e. The number of nitrogens with zero attached hydrogens (tertiary/aromatic N) is 1. The van der Waals surface area contributed by atoms with Gasteiger partial charge >= 0.3 is 5.97 Å². The SMILES string of the molecule is CCc1cc2ccc(OC(=O)c3ccccc3)cc2n1S(=O)(=O)c1ccccc1. The van der Waals surface area contributed by atoms with Crippen molar-refractivity contribution >= 4 is 26.9 Å². The molecule has 0 N–H and O–H groups in total. The molecular formula is C23H19NO4S. The van der Waals surface area contributed by atoms with Gasteiger partial charge in [0.15, 0.2) is 0 Å². The van der Waals surface area contributed by atoms with Crippen LogP contribution in [0.4, 0.5) is 0 Å². The number of ether oxygens (including phenoxy) is 1. The van der Waals surface area contributed by atoms with Gasteiger partial charge in [0, 0.05) is 17.1 Å². The van der Waals surface area contributed by atoms with Gasteiger partial charge in [0.2, 0.25) is 0 Å². The lowest BCUT2D eigenvalue weighted by Gasteiger charge is -2.12. The number of carbonyl (C=O) groups excluding carboxylic acids is 1. The molecule has 0 atom stereocenters. The zero-order valence-corrected chi connectivity index (χ0v) is 16.6. The van der Waals surface area contributed by atoms with Crippen LogP contribution in [0.1, 0.15) is 23.0 Å². The predicted molar refractivity (Wildman–Crippen MR) is 112 cm³/mol. The Kier molecular flexibility index (Phi) is 4.94. The van der Waals surface area contributed by atoms with Gasteiger partial charge in [-0.2, -0.15) is 0 Å². The molecule has 0 aliphatic heterocycles. The van der Waals surface area contributed by atoms with Crippen LogP contribution in [0.15, 0.2) is 89.8 Å². The number of rotatable bonds is 5. The first-order valence-corrected chi connectivity index (χ1v) is 10.7. The zero-order chi connectivity index (χ0) is 20.4. The first-order chi connectivity index (χ1) is 14.0. The number of esters is 1. The summed E-state index contributed by atoms with van der Waals surface area (Å²) in [5, 5.41) is 0.765. The Morgan fingerprint density at radius 3 is 2.21 bits per heavy atom. The number of hydrogen-bond donors (Lipinski definition) is 0. The summed E-state index contributed by atoms with van der Waals surface area (Å²) in [6.07, 6.45) is 0.542. The van der Waals surface area contributed by atoms with Crippen LogP contribution in [0.2, 0.25) is 0 Å². The standard InChI is InChI=1S/C23H19NO4S/c1-2-19-15-18-13-14-20(28-23(25)17-9-5-3-6-10-17)16-22(18)24(19)29(26,27)21-11-7-4-8-12-21/h3-16H,2H2,1H3. The highest BCUT2D eigenvalue weighted by Gasteiger charge is 2.23. The molecule has 0 aliphatic rings. The van der Waals surface area contributed by atoms with Crippen LogP contribution >= 0.6 is 0 Å². The molecule has 0 spiro atoms. The van der Waals surface area contributed by atoms with E-state index in [0.29, 0.717) is 23.2 Å². The summed E-state index contributed by atoms with van der Waals surface area (Å²) < 4.78 is 33.4. The Morgan fingerprint density at radius 1 is 0.897 bits per heavy atom. The second-order valence-electron chi connectivity index (χ2n) is 6.55. The number of benzene rings is 3. The van der Waals surface area contributed by atoms with Gasteiger partial charge in [-0.1, -0.05) is 43.3 Å². The van der Waals surface area contributed by atoms with E-state index in [9.17, 15) is 13.2 Å². The summed E-state index contributed by atoms with van der Waals surface area (Å²) in [7, 11) is -3.79. The number of carbonyl (C=O) groups is 1. The van der Waals surface area contributed by atoms with Gasteiger partial charge in [-0.05, 0) is 48.9 Å². The third-order valence-corrected chi connectivity index (χ3v) is 6.45. The Morgan fingerprint density at radius 2 is 1.55 bits per heavy atom. The summed E-state index contributed by atoms with van der Waals surface area (Å²) in [5.74, 6) is -0.207. The Labute approximate surface area is 169 Å². The van der Waals surface area contributed by atoms with Crippen LogP contribution in [0.25, 0.3) is 10.9 Å². The lowest BCUT2D eigenvalue weighted by Crippen LogP contribution is -2.15. The second-order valence-corrected chi connectivity index (χ2v) is 8.33. The minimum absolute atomic E-state index is 0.207. The topological polar surface area (TPSA) is 65.4 Å². The fourth-order valence-corrected chi connectivity index (χ4v) is 4.86. The Balaban J connectivity index is 1.81. The van der Waals surface area contributed by atoms with Gasteiger partial charge in [0.25, 0.3) is 10.0 Å². The smallest absolute Gasteiger partial charge is 0.343 e. The van der Waals surface area contributed by atoms with E-state index in [1.807, 2.05) is 19.1 Å². The van der Waals surface area contributed by atoms with Crippen LogP contribution in [0, 0.1) is 0 Å². The molecule has 0 bridgehead atoms. The average Bonchev–Trinajstić information content (AvgIpc) is 3.13. The van der Waals surface area contributed by atoms with Gasteiger partial charge in [-0.15, -0.1) is 0 Å². The molecule has 0 radical (unpaired) electrons. The molecule has 0 amide bonds. The monoisotopic (exact) mass is 405 g/mol. The average molecular weight is 405 g/mol. The number of aryl methyl sites for hydroxylation is 1. The molecule has 0 saturated carbocycles. The normalized spacial score (nSPS) is 11.5. The van der Waals surface area contributed by atoms with Crippen LogP contribution in [-0.2, 0) is 16.4 Å². The van der Waals surface area contributed by atoms with Crippen molar-refractivity contribution in [3.05, 3.63) is 96.2 Å². The zero-order valence-electron chi connectivity index (χ0n) is 15.8. The molecule has 5 nitrogen and oxygen atoms in total. The van der Waals surface area contributed by atoms with Crippen LogP contribution in [0.5, 0.6) is 5.75 Å². The van der Waals surface area contributed by atoms with Crippen molar-refractivity contribution in [2.24, 2.45) is 0 Å². The number of aromatic nitrogens is 1. The van der Waals surface area contributed by atoms with Crippen molar-refractivity contribution in [3.8, 4) is 5.75 Å². The number of hydrogen-bond acceptors (Lipinski definition) is 4. The van der Waals surface area contributed by atoms with Crippen molar-refractivity contribution in [2.75, 3.05) is 0 Å². The van der Waals surface area contributed by atoms with Crippen molar-refractivity contribution in [1.29, 1.82) is 0 Å². The maximum Gasteiger partial charge on any atom is 0.343 e. The largest absolute Gasteiger partial charge is 0.423 e. The van der Waals surface area contributed by atoms with Crippen LogP contribution in [0.3, 0.4) is 0 Å². The summed E-state index contributed by atoms with van der Waals surface area (Å²) >= 11 is 0. The highest BCUT2D eigenvalue weighted by molar-refractivity contribution is 7.90. The molecular weight excluding hydrogens is 386 g/mol. The van der Waals surface area contributed by atoms with Gasteiger partial charge < -0.3 is 4.74 Å². The van der Waals surface area contributed by atoms with Crippen LogP contribution in [-0.4, -0.2) is 18.4 Å².